The Bertz CT molecular complexity index is 801. The van der Waals surface area contributed by atoms with Crippen LogP contribution in [0.4, 0.5) is 0 Å². The quantitative estimate of drug-likeness (QED) is 0.243. The average molecular weight is 373 g/mol. The number of rotatable bonds is 6. The van der Waals surface area contributed by atoms with Gasteiger partial charge in [-0.05, 0) is 31.6 Å². The van der Waals surface area contributed by atoms with Crippen LogP contribution in [0.2, 0.25) is 0 Å². The van der Waals surface area contributed by atoms with Crippen molar-refractivity contribution in [1.82, 2.24) is 4.98 Å². The molecule has 0 fully saturated rings. The number of ether oxygens (including phenoxy) is 2. The van der Waals surface area contributed by atoms with Gasteiger partial charge in [-0.3, -0.25) is 15.1 Å². The van der Waals surface area contributed by atoms with E-state index in [4.69, 9.17) is 14.7 Å². The van der Waals surface area contributed by atoms with Crippen LogP contribution in [0, 0.1) is 27.4 Å². The zero-order chi connectivity index (χ0) is 20.0. The zero-order valence-electron chi connectivity index (χ0n) is 15.0. The molecule has 0 amide bonds. The van der Waals surface area contributed by atoms with Crippen LogP contribution < -0.4 is 0 Å². The zero-order valence-corrected chi connectivity index (χ0v) is 15.0. The molecule has 1 aromatic rings. The second-order valence-corrected chi connectivity index (χ2v) is 6.31. The number of pyridine rings is 1. The van der Waals surface area contributed by atoms with Crippen LogP contribution in [0.15, 0.2) is 36.2 Å². The summed E-state index contributed by atoms with van der Waals surface area (Å²) in [5.74, 6) is -2.73. The largest absolute Gasteiger partial charge is 0.459 e. The van der Waals surface area contributed by atoms with Gasteiger partial charge >= 0.3 is 17.5 Å². The van der Waals surface area contributed by atoms with Crippen LogP contribution in [0.5, 0.6) is 0 Å². The van der Waals surface area contributed by atoms with Crippen molar-refractivity contribution >= 4 is 11.9 Å². The summed E-state index contributed by atoms with van der Waals surface area (Å²) in [6.07, 6.45) is 2.88. The minimum absolute atomic E-state index is 0.0943. The van der Waals surface area contributed by atoms with Gasteiger partial charge in [0.2, 0.25) is 6.10 Å². The molecule has 0 radical (unpaired) electrons. The maximum atomic E-state index is 12.7. The Morgan fingerprint density at radius 2 is 2.26 bits per heavy atom. The third-order valence-corrected chi connectivity index (χ3v) is 4.46. The highest BCUT2D eigenvalue weighted by Crippen LogP contribution is 2.39. The topological polar surface area (TPSA) is 132 Å². The number of hydrogen-bond acceptors (Lipinski definition) is 8. The molecule has 1 aliphatic carbocycles. The molecule has 0 saturated heterocycles. The first-order valence-corrected chi connectivity index (χ1v) is 8.31. The Labute approximate surface area is 155 Å². The van der Waals surface area contributed by atoms with Crippen molar-refractivity contribution in [2.45, 2.75) is 38.3 Å². The lowest BCUT2D eigenvalue weighted by Gasteiger charge is -2.36. The lowest BCUT2D eigenvalue weighted by atomic mass is 9.72. The molecule has 27 heavy (non-hydrogen) atoms. The summed E-state index contributed by atoms with van der Waals surface area (Å²) in [5.41, 5.74) is -1.42. The molecule has 2 rings (SSSR count). The monoisotopic (exact) mass is 373 g/mol. The molecule has 1 aliphatic rings. The first kappa shape index (κ1) is 20.0. The van der Waals surface area contributed by atoms with Crippen molar-refractivity contribution in [3.8, 4) is 6.07 Å². The fraction of sp³-hybridized carbons (Fsp3) is 0.444. The van der Waals surface area contributed by atoms with E-state index in [1.54, 1.807) is 13.0 Å². The number of carbonyl (C=O) groups is 2. The Morgan fingerprint density at radius 1 is 1.52 bits per heavy atom. The minimum atomic E-state index is -2.28. The van der Waals surface area contributed by atoms with Gasteiger partial charge in [0.25, 0.3) is 0 Å². The van der Waals surface area contributed by atoms with E-state index in [1.807, 2.05) is 0 Å². The van der Waals surface area contributed by atoms with E-state index in [1.165, 1.54) is 37.5 Å². The number of nitro groups is 1. The summed E-state index contributed by atoms with van der Waals surface area (Å²) >= 11 is 0. The first-order valence-electron chi connectivity index (χ1n) is 8.31. The predicted molar refractivity (Wildman–Crippen MR) is 91.9 cm³/mol. The van der Waals surface area contributed by atoms with E-state index in [0.29, 0.717) is 0 Å². The van der Waals surface area contributed by atoms with Gasteiger partial charge in [-0.15, -0.1) is 0 Å². The minimum Gasteiger partial charge on any atom is -0.459 e. The van der Waals surface area contributed by atoms with E-state index in [2.05, 4.69) is 4.98 Å². The average Bonchev–Trinajstić information content (AvgIpc) is 2.62. The molecule has 0 aromatic carbocycles. The third kappa shape index (κ3) is 3.95. The number of carbonyl (C=O) groups excluding carboxylic acids is 2. The van der Waals surface area contributed by atoms with Gasteiger partial charge < -0.3 is 9.47 Å². The van der Waals surface area contributed by atoms with Crippen molar-refractivity contribution in [2.75, 3.05) is 6.61 Å². The second-order valence-electron chi connectivity index (χ2n) is 6.31. The maximum absolute atomic E-state index is 12.7. The van der Waals surface area contributed by atoms with Crippen LogP contribution in [0.25, 0.3) is 0 Å². The van der Waals surface area contributed by atoms with Gasteiger partial charge in [0, 0.05) is 23.2 Å². The Hall–Kier alpha value is -3.28. The molecule has 1 heterocycles. The lowest BCUT2D eigenvalue weighted by Crippen LogP contribution is -2.62. The summed E-state index contributed by atoms with van der Waals surface area (Å²) in [6.45, 7) is 3.01. The third-order valence-electron chi connectivity index (χ3n) is 4.46. The smallest absolute Gasteiger partial charge is 0.389 e. The second kappa shape index (κ2) is 8.40. The molecule has 0 bridgehead atoms. The van der Waals surface area contributed by atoms with E-state index in [0.717, 1.165) is 5.57 Å². The van der Waals surface area contributed by atoms with E-state index in [9.17, 15) is 19.7 Å². The fourth-order valence-electron chi connectivity index (χ4n) is 3.14. The molecule has 9 nitrogen and oxygen atoms in total. The van der Waals surface area contributed by atoms with Crippen molar-refractivity contribution in [2.24, 2.45) is 5.92 Å². The van der Waals surface area contributed by atoms with Gasteiger partial charge in [-0.1, -0.05) is 12.5 Å². The Kier molecular flexibility index (Phi) is 6.23. The predicted octanol–water partition coefficient (Wildman–Crippen LogP) is 2.07. The summed E-state index contributed by atoms with van der Waals surface area (Å²) < 4.78 is 10.3. The van der Waals surface area contributed by atoms with Gasteiger partial charge in [0.1, 0.15) is 6.61 Å². The van der Waals surface area contributed by atoms with Crippen molar-refractivity contribution in [3.05, 3.63) is 51.9 Å². The highest BCUT2D eigenvalue weighted by atomic mass is 16.7. The molecular weight excluding hydrogens is 354 g/mol. The van der Waals surface area contributed by atoms with Crippen molar-refractivity contribution in [3.63, 3.8) is 0 Å². The number of allylic oxidation sites excluding steroid dienone is 1. The van der Waals surface area contributed by atoms with Gasteiger partial charge in [-0.25, -0.2) is 9.59 Å². The highest BCUT2D eigenvalue weighted by molar-refractivity contribution is 5.90. The molecular formula is C18H19N3O6. The van der Waals surface area contributed by atoms with Gasteiger partial charge in [0.05, 0.1) is 18.1 Å². The number of hydrogen-bond donors (Lipinski definition) is 0. The summed E-state index contributed by atoms with van der Waals surface area (Å²) in [6, 6.07) is 4.78. The highest BCUT2D eigenvalue weighted by Gasteiger charge is 2.65. The molecule has 0 saturated carbocycles. The molecule has 3 atom stereocenters. The molecule has 1 aromatic heterocycles. The molecule has 142 valence electrons. The molecule has 0 N–H and O–H groups in total. The van der Waals surface area contributed by atoms with Gasteiger partial charge in [-0.2, -0.15) is 5.26 Å². The van der Waals surface area contributed by atoms with E-state index in [-0.39, 0.29) is 25.0 Å². The number of nitrogens with zero attached hydrogens (tertiary/aromatic N) is 3. The van der Waals surface area contributed by atoms with Crippen molar-refractivity contribution < 1.29 is 24.0 Å². The summed E-state index contributed by atoms with van der Waals surface area (Å²) in [7, 11) is 0. The van der Waals surface area contributed by atoms with E-state index >= 15 is 0 Å². The first-order chi connectivity index (χ1) is 12.8. The molecule has 0 aliphatic heterocycles. The number of aromatic nitrogens is 1. The summed E-state index contributed by atoms with van der Waals surface area (Å²) in [4.78, 5) is 40.1. The fourth-order valence-corrected chi connectivity index (χ4v) is 3.14. The van der Waals surface area contributed by atoms with Crippen LogP contribution >= 0.6 is 0 Å². The van der Waals surface area contributed by atoms with Crippen LogP contribution in [0.3, 0.4) is 0 Å². The molecule has 0 spiro atoms. The maximum Gasteiger partial charge on any atom is 0.389 e. The lowest BCUT2D eigenvalue weighted by molar-refractivity contribution is -0.575. The normalized spacial score (nSPS) is 24.3. The van der Waals surface area contributed by atoms with Gasteiger partial charge in [0.15, 0.2) is 0 Å². The Balaban J connectivity index is 2.40. The molecule has 9 heteroatoms. The number of esters is 2. The molecule has 2 unspecified atom stereocenters. The van der Waals surface area contributed by atoms with Crippen LogP contribution in [-0.2, 0) is 14.3 Å². The standard InChI is InChI=1S/C18H19N3O6/c1-12-9-13(2)18(21(24)25,17(23)26-8-4-6-19)15(10-12)27-16(22)14-5-3-7-20-11-14/h3,5,7,10-11,13,15H,4,8-9H2,1-2H3/t13?,15-,18?/m1/s1. The summed E-state index contributed by atoms with van der Waals surface area (Å²) in [5, 5.41) is 20.6. The SMILES string of the molecule is CC1=C[C@@H](OC(=O)c2cccnc2)C(C(=O)OCCC#N)([N+](=O)[O-])C(C)C1. The van der Waals surface area contributed by atoms with Crippen LogP contribution in [-0.4, -0.2) is 40.1 Å². The van der Waals surface area contributed by atoms with Crippen LogP contribution in [0.1, 0.15) is 37.0 Å². The van der Waals surface area contributed by atoms with E-state index < -0.39 is 34.4 Å². The Morgan fingerprint density at radius 3 is 2.85 bits per heavy atom. The van der Waals surface area contributed by atoms with Crippen molar-refractivity contribution in [1.29, 1.82) is 5.26 Å². The number of nitriles is 1.